The van der Waals surface area contributed by atoms with E-state index in [-0.39, 0.29) is 0 Å². The van der Waals surface area contributed by atoms with E-state index in [1.54, 1.807) is 16.7 Å². The zero-order valence-corrected chi connectivity index (χ0v) is 10.6. The summed E-state index contributed by atoms with van der Waals surface area (Å²) < 4.78 is 40.0. The predicted octanol–water partition coefficient (Wildman–Crippen LogP) is 3.92. The molecule has 3 aromatic rings. The summed E-state index contributed by atoms with van der Waals surface area (Å²) in [5, 5.41) is 8.94. The Morgan fingerprint density at radius 1 is 1.10 bits per heavy atom. The van der Waals surface area contributed by atoms with E-state index < -0.39 is 17.3 Å². The average molecular weight is 287 g/mol. The molecule has 0 atom stereocenters. The number of fused-ring (bicyclic) bond motifs is 1. The predicted molar refractivity (Wildman–Crippen MR) is 70.8 cm³/mol. The van der Waals surface area contributed by atoms with Crippen LogP contribution in [-0.4, -0.2) is 9.55 Å². The molecular formula is C15H8F3N3. The van der Waals surface area contributed by atoms with Crippen LogP contribution in [0.3, 0.4) is 0 Å². The Balaban J connectivity index is 2.19. The minimum absolute atomic E-state index is 0.405. The molecule has 0 unspecified atom stereocenters. The highest BCUT2D eigenvalue weighted by atomic mass is 19.4. The van der Waals surface area contributed by atoms with E-state index in [1.807, 2.05) is 18.2 Å². The van der Waals surface area contributed by atoms with Gasteiger partial charge in [-0.1, -0.05) is 12.1 Å². The number of aromatic nitrogens is 2. The van der Waals surface area contributed by atoms with Crippen molar-refractivity contribution in [2.24, 2.45) is 0 Å². The number of benzene rings is 2. The van der Waals surface area contributed by atoms with Crippen molar-refractivity contribution < 1.29 is 13.2 Å². The van der Waals surface area contributed by atoms with E-state index in [4.69, 9.17) is 5.26 Å². The molecule has 0 bridgehead atoms. The first kappa shape index (κ1) is 13.2. The summed E-state index contributed by atoms with van der Waals surface area (Å²) in [4.78, 5) is 4.18. The molecule has 104 valence electrons. The van der Waals surface area contributed by atoms with Gasteiger partial charge >= 0.3 is 6.18 Å². The van der Waals surface area contributed by atoms with Crippen LogP contribution in [0.5, 0.6) is 0 Å². The molecule has 0 aliphatic carbocycles. The number of hydrogen-bond acceptors (Lipinski definition) is 2. The summed E-state index contributed by atoms with van der Waals surface area (Å²) in [6.45, 7) is 0. The van der Waals surface area contributed by atoms with Crippen LogP contribution >= 0.6 is 0 Å². The van der Waals surface area contributed by atoms with Crippen molar-refractivity contribution in [3.8, 4) is 11.8 Å². The second kappa shape index (κ2) is 4.63. The third kappa shape index (κ3) is 2.23. The number of nitriles is 1. The number of nitrogens with zero attached hydrogens (tertiary/aromatic N) is 3. The molecule has 1 aromatic heterocycles. The molecule has 0 aliphatic rings. The largest absolute Gasteiger partial charge is 0.417 e. The zero-order chi connectivity index (χ0) is 15.0. The molecule has 1 heterocycles. The average Bonchev–Trinajstić information content (AvgIpc) is 2.89. The maximum absolute atomic E-state index is 12.8. The van der Waals surface area contributed by atoms with Crippen LogP contribution in [-0.2, 0) is 6.18 Å². The van der Waals surface area contributed by atoms with Gasteiger partial charge < -0.3 is 0 Å². The van der Waals surface area contributed by atoms with Crippen molar-refractivity contribution in [3.63, 3.8) is 0 Å². The highest BCUT2D eigenvalue weighted by Gasteiger charge is 2.33. The molecule has 21 heavy (non-hydrogen) atoms. The van der Waals surface area contributed by atoms with Gasteiger partial charge in [-0.05, 0) is 30.3 Å². The summed E-state index contributed by atoms with van der Waals surface area (Å²) in [5.74, 6) is 0. The van der Waals surface area contributed by atoms with Crippen molar-refractivity contribution in [1.82, 2.24) is 9.55 Å². The van der Waals surface area contributed by atoms with Crippen LogP contribution in [0.4, 0.5) is 13.2 Å². The van der Waals surface area contributed by atoms with Gasteiger partial charge in [-0.3, -0.25) is 4.57 Å². The maximum atomic E-state index is 12.8. The molecule has 6 heteroatoms. The summed E-state index contributed by atoms with van der Waals surface area (Å²) in [5.41, 5.74) is 0.626. The third-order valence-electron chi connectivity index (χ3n) is 3.16. The molecule has 0 aliphatic heterocycles. The van der Waals surface area contributed by atoms with Gasteiger partial charge in [0.2, 0.25) is 0 Å². The van der Waals surface area contributed by atoms with Gasteiger partial charge in [0.05, 0.1) is 28.2 Å². The van der Waals surface area contributed by atoms with Gasteiger partial charge in [0.25, 0.3) is 0 Å². The molecule has 0 spiro atoms. The fraction of sp³-hybridized carbons (Fsp3) is 0.0667. The lowest BCUT2D eigenvalue weighted by Crippen LogP contribution is -2.08. The first-order valence-corrected chi connectivity index (χ1v) is 6.04. The fourth-order valence-electron chi connectivity index (χ4n) is 2.19. The molecule has 0 radical (unpaired) electrons. The van der Waals surface area contributed by atoms with Gasteiger partial charge in [0.1, 0.15) is 6.33 Å². The second-order valence-electron chi connectivity index (χ2n) is 4.44. The fourth-order valence-corrected chi connectivity index (χ4v) is 2.19. The van der Waals surface area contributed by atoms with Gasteiger partial charge in [-0.2, -0.15) is 18.4 Å². The monoisotopic (exact) mass is 287 g/mol. The van der Waals surface area contributed by atoms with Crippen LogP contribution in [0.1, 0.15) is 11.1 Å². The normalized spacial score (nSPS) is 11.5. The van der Waals surface area contributed by atoms with E-state index in [1.165, 1.54) is 18.5 Å². The number of imidazole rings is 1. The van der Waals surface area contributed by atoms with Gasteiger partial charge in [-0.25, -0.2) is 4.98 Å². The first-order chi connectivity index (χ1) is 10.0. The van der Waals surface area contributed by atoms with E-state index in [0.29, 0.717) is 5.69 Å². The smallest absolute Gasteiger partial charge is 0.299 e. The lowest BCUT2D eigenvalue weighted by atomic mass is 10.1. The quantitative estimate of drug-likeness (QED) is 0.680. The van der Waals surface area contributed by atoms with Crippen molar-refractivity contribution >= 4 is 11.0 Å². The van der Waals surface area contributed by atoms with Crippen LogP contribution in [0.2, 0.25) is 0 Å². The van der Waals surface area contributed by atoms with Crippen molar-refractivity contribution in [3.05, 3.63) is 59.9 Å². The van der Waals surface area contributed by atoms with E-state index in [2.05, 4.69) is 4.98 Å². The SMILES string of the molecule is N#Cc1cc(-n2cnc3ccccc32)ccc1C(F)(F)F. The second-order valence-corrected chi connectivity index (χ2v) is 4.44. The highest BCUT2D eigenvalue weighted by molar-refractivity contribution is 5.77. The minimum Gasteiger partial charge on any atom is -0.299 e. The molecule has 0 saturated heterocycles. The Hall–Kier alpha value is -2.81. The van der Waals surface area contributed by atoms with Crippen LogP contribution in [0.25, 0.3) is 16.7 Å². The number of hydrogen-bond donors (Lipinski definition) is 0. The number of rotatable bonds is 1. The van der Waals surface area contributed by atoms with Crippen LogP contribution < -0.4 is 0 Å². The molecule has 3 nitrogen and oxygen atoms in total. The van der Waals surface area contributed by atoms with Crippen LogP contribution in [0.15, 0.2) is 48.8 Å². The van der Waals surface area contributed by atoms with Crippen molar-refractivity contribution in [2.45, 2.75) is 6.18 Å². The Labute approximate surface area is 117 Å². The van der Waals surface area contributed by atoms with E-state index >= 15 is 0 Å². The number of para-hydroxylation sites is 2. The molecule has 0 N–H and O–H groups in total. The molecule has 0 amide bonds. The third-order valence-corrected chi connectivity index (χ3v) is 3.16. The zero-order valence-electron chi connectivity index (χ0n) is 10.6. The molecule has 2 aromatic carbocycles. The van der Waals surface area contributed by atoms with Gasteiger partial charge in [0, 0.05) is 5.69 Å². The lowest BCUT2D eigenvalue weighted by Gasteiger charge is -2.11. The molecular weight excluding hydrogens is 279 g/mol. The van der Waals surface area contributed by atoms with Crippen molar-refractivity contribution in [2.75, 3.05) is 0 Å². The lowest BCUT2D eigenvalue weighted by molar-refractivity contribution is -0.137. The Morgan fingerprint density at radius 2 is 1.86 bits per heavy atom. The number of alkyl halides is 3. The Morgan fingerprint density at radius 3 is 2.57 bits per heavy atom. The number of halogens is 3. The summed E-state index contributed by atoms with van der Waals surface area (Å²) in [6, 6.07) is 12.3. The standard InChI is InChI=1S/C15H8F3N3/c16-15(17,18)12-6-5-11(7-10(12)8-19)21-9-20-13-3-1-2-4-14(13)21/h1-7,9H. The van der Waals surface area contributed by atoms with Crippen LogP contribution in [0, 0.1) is 11.3 Å². The van der Waals surface area contributed by atoms with Crippen molar-refractivity contribution in [1.29, 1.82) is 5.26 Å². The molecule has 3 rings (SSSR count). The summed E-state index contributed by atoms with van der Waals surface area (Å²) in [6.07, 6.45) is -3.02. The topological polar surface area (TPSA) is 41.6 Å². The maximum Gasteiger partial charge on any atom is 0.417 e. The Bertz CT molecular complexity index is 856. The highest BCUT2D eigenvalue weighted by Crippen LogP contribution is 2.33. The van der Waals surface area contributed by atoms with E-state index in [0.717, 1.165) is 17.1 Å². The first-order valence-electron chi connectivity index (χ1n) is 6.04. The molecule has 0 saturated carbocycles. The summed E-state index contributed by atoms with van der Waals surface area (Å²) in [7, 11) is 0. The van der Waals surface area contributed by atoms with Gasteiger partial charge in [0.15, 0.2) is 0 Å². The summed E-state index contributed by atoms with van der Waals surface area (Å²) >= 11 is 0. The Kier molecular flexibility index (Phi) is 2.91. The molecule has 0 fully saturated rings. The van der Waals surface area contributed by atoms with Gasteiger partial charge in [-0.15, -0.1) is 0 Å². The minimum atomic E-state index is -4.54. The van der Waals surface area contributed by atoms with E-state index in [9.17, 15) is 13.2 Å².